The quantitative estimate of drug-likeness (QED) is 0.440. The van der Waals surface area contributed by atoms with E-state index in [-0.39, 0.29) is 4.99 Å². The van der Waals surface area contributed by atoms with Crippen molar-refractivity contribution in [1.82, 2.24) is 9.97 Å². The van der Waals surface area contributed by atoms with Crippen molar-refractivity contribution in [3.8, 4) is 0 Å². The number of thioether (sulfide) groups is 1. The van der Waals surface area contributed by atoms with Crippen LogP contribution in [-0.4, -0.2) is 21.2 Å². The van der Waals surface area contributed by atoms with Crippen molar-refractivity contribution in [3.63, 3.8) is 0 Å². The van der Waals surface area contributed by atoms with Crippen molar-refractivity contribution in [3.05, 3.63) is 17.6 Å². The van der Waals surface area contributed by atoms with Crippen LogP contribution in [0.3, 0.4) is 0 Å². The van der Waals surface area contributed by atoms with E-state index in [2.05, 4.69) is 9.97 Å². The highest BCUT2D eigenvalue weighted by molar-refractivity contribution is 7.98. The monoisotopic (exact) mass is 199 g/mol. The minimum Gasteiger partial charge on any atom is -0.387 e. The van der Waals surface area contributed by atoms with E-state index in [0.717, 1.165) is 10.6 Å². The van der Waals surface area contributed by atoms with E-state index >= 15 is 0 Å². The fourth-order valence-corrected chi connectivity index (χ4v) is 1.40. The first-order valence-corrected chi connectivity index (χ1v) is 4.96. The summed E-state index contributed by atoms with van der Waals surface area (Å²) in [5.41, 5.74) is 6.43. The van der Waals surface area contributed by atoms with Gasteiger partial charge in [-0.05, 0) is 18.7 Å². The first kappa shape index (κ1) is 9.41. The van der Waals surface area contributed by atoms with Crippen LogP contribution in [-0.2, 0) is 0 Å². The van der Waals surface area contributed by atoms with E-state index in [1.54, 1.807) is 18.0 Å². The molecular weight excluding hydrogens is 190 g/mol. The fourth-order valence-electron chi connectivity index (χ4n) is 0.752. The maximum Gasteiger partial charge on any atom is 0.187 e. The Bertz CT molecular complexity index is 312. The van der Waals surface area contributed by atoms with E-state index < -0.39 is 0 Å². The van der Waals surface area contributed by atoms with Crippen LogP contribution in [0.4, 0.5) is 0 Å². The molecule has 0 atom stereocenters. The molecule has 0 saturated carbocycles. The smallest absolute Gasteiger partial charge is 0.187 e. The van der Waals surface area contributed by atoms with Crippen molar-refractivity contribution < 1.29 is 0 Å². The predicted octanol–water partition coefficient (Wildman–Crippen LogP) is 1.14. The van der Waals surface area contributed by atoms with Crippen LogP contribution < -0.4 is 5.73 Å². The normalized spacial score (nSPS) is 9.83. The second-order valence-corrected chi connectivity index (χ2v) is 3.48. The van der Waals surface area contributed by atoms with Crippen LogP contribution in [0.15, 0.2) is 11.2 Å². The van der Waals surface area contributed by atoms with E-state index in [1.165, 1.54) is 0 Å². The third-order valence-electron chi connectivity index (χ3n) is 1.34. The molecular formula is C7H9N3S2. The Morgan fingerprint density at radius 2 is 2.33 bits per heavy atom. The van der Waals surface area contributed by atoms with Gasteiger partial charge in [0.1, 0.15) is 10.0 Å². The number of hydrogen-bond acceptors (Lipinski definition) is 4. The van der Waals surface area contributed by atoms with E-state index in [9.17, 15) is 0 Å². The molecule has 1 aromatic rings. The van der Waals surface area contributed by atoms with Gasteiger partial charge in [0.25, 0.3) is 0 Å². The van der Waals surface area contributed by atoms with Crippen molar-refractivity contribution in [1.29, 1.82) is 0 Å². The zero-order valence-corrected chi connectivity index (χ0v) is 8.50. The number of aromatic nitrogens is 2. The van der Waals surface area contributed by atoms with Crippen LogP contribution in [0.1, 0.15) is 11.4 Å². The molecule has 5 heteroatoms. The van der Waals surface area contributed by atoms with Crippen LogP contribution >= 0.6 is 24.0 Å². The summed E-state index contributed by atoms with van der Waals surface area (Å²) < 4.78 is 0. The van der Waals surface area contributed by atoms with Crippen molar-refractivity contribution >= 4 is 29.0 Å². The van der Waals surface area contributed by atoms with Gasteiger partial charge >= 0.3 is 0 Å². The maximum atomic E-state index is 5.38. The van der Waals surface area contributed by atoms with Gasteiger partial charge in [0.05, 0.1) is 0 Å². The number of hydrogen-bond donors (Lipinski definition) is 1. The molecule has 0 aliphatic rings. The topological polar surface area (TPSA) is 51.8 Å². The van der Waals surface area contributed by atoms with E-state index in [4.69, 9.17) is 18.0 Å². The van der Waals surface area contributed by atoms with Crippen molar-refractivity contribution in [2.24, 2.45) is 5.73 Å². The molecule has 1 aromatic heterocycles. The zero-order chi connectivity index (χ0) is 9.14. The molecule has 0 fully saturated rings. The van der Waals surface area contributed by atoms with Crippen molar-refractivity contribution in [2.45, 2.75) is 11.9 Å². The summed E-state index contributed by atoms with van der Waals surface area (Å²) in [6.07, 6.45) is 3.69. The molecule has 0 saturated heterocycles. The molecule has 0 aliphatic heterocycles. The highest BCUT2D eigenvalue weighted by atomic mass is 32.2. The number of rotatable bonds is 2. The molecule has 1 heterocycles. The minimum atomic E-state index is 0.241. The summed E-state index contributed by atoms with van der Waals surface area (Å²) in [6, 6.07) is 0. The van der Waals surface area contributed by atoms with Crippen LogP contribution in [0.25, 0.3) is 0 Å². The molecule has 3 nitrogen and oxygen atoms in total. The van der Waals surface area contributed by atoms with Crippen LogP contribution in [0.2, 0.25) is 0 Å². The molecule has 1 rings (SSSR count). The molecule has 0 unspecified atom stereocenters. The summed E-state index contributed by atoms with van der Waals surface area (Å²) in [6.45, 7) is 1.95. The summed E-state index contributed by atoms with van der Waals surface area (Å²) in [7, 11) is 0. The van der Waals surface area contributed by atoms with Gasteiger partial charge in [-0.25, -0.2) is 9.97 Å². The molecule has 0 amide bonds. The molecule has 2 N–H and O–H groups in total. The Morgan fingerprint density at radius 1 is 1.67 bits per heavy atom. The van der Waals surface area contributed by atoms with Crippen LogP contribution in [0.5, 0.6) is 0 Å². The summed E-state index contributed by atoms with van der Waals surface area (Å²) in [5.74, 6) is 0.444. The van der Waals surface area contributed by atoms with Gasteiger partial charge in [-0.2, -0.15) is 0 Å². The molecule has 0 aliphatic carbocycles. The number of nitrogens with two attached hydrogens (primary N) is 1. The van der Waals surface area contributed by atoms with E-state index in [0.29, 0.717) is 5.82 Å². The summed E-state index contributed by atoms with van der Waals surface area (Å²) in [5, 5.41) is 0.924. The lowest BCUT2D eigenvalue weighted by molar-refractivity contribution is 0.988. The Balaban J connectivity index is 3.13. The average molecular weight is 199 g/mol. The standard InChI is InChI=1S/C7H9N3S2/c1-4-3-9-6(5(8)11)10-7(4)12-2/h3H,1-2H3,(H2,8,11). The molecule has 0 spiro atoms. The Morgan fingerprint density at radius 3 is 2.83 bits per heavy atom. The second-order valence-electron chi connectivity index (χ2n) is 2.25. The minimum absolute atomic E-state index is 0.241. The lowest BCUT2D eigenvalue weighted by atomic mass is 10.4. The van der Waals surface area contributed by atoms with Gasteiger partial charge in [-0.1, -0.05) is 12.2 Å². The highest BCUT2D eigenvalue weighted by Crippen LogP contribution is 2.15. The summed E-state index contributed by atoms with van der Waals surface area (Å²) in [4.78, 5) is 8.41. The Hall–Kier alpha value is -0.680. The predicted molar refractivity (Wildman–Crippen MR) is 54.4 cm³/mol. The van der Waals surface area contributed by atoms with E-state index in [1.807, 2.05) is 13.2 Å². The second kappa shape index (κ2) is 3.82. The SMILES string of the molecule is CSc1nc(C(N)=S)ncc1C. The third-order valence-corrected chi connectivity index (χ3v) is 2.32. The van der Waals surface area contributed by atoms with Crippen LogP contribution in [0, 0.1) is 6.92 Å². The lowest BCUT2D eigenvalue weighted by Crippen LogP contribution is -2.14. The molecule has 0 radical (unpaired) electrons. The highest BCUT2D eigenvalue weighted by Gasteiger charge is 2.03. The van der Waals surface area contributed by atoms with Crippen molar-refractivity contribution in [2.75, 3.05) is 6.26 Å². The molecule has 12 heavy (non-hydrogen) atoms. The first-order valence-electron chi connectivity index (χ1n) is 3.32. The van der Waals surface area contributed by atoms with Gasteiger partial charge in [-0.3, -0.25) is 0 Å². The zero-order valence-electron chi connectivity index (χ0n) is 6.87. The molecule has 0 bridgehead atoms. The Kier molecular flexibility index (Phi) is 2.99. The van der Waals surface area contributed by atoms with Gasteiger partial charge in [0, 0.05) is 6.20 Å². The van der Waals surface area contributed by atoms with Gasteiger partial charge < -0.3 is 5.73 Å². The molecule has 64 valence electrons. The number of aryl methyl sites for hydroxylation is 1. The number of nitrogens with zero attached hydrogens (tertiary/aromatic N) is 2. The Labute approximate surface area is 80.8 Å². The average Bonchev–Trinajstić information content (AvgIpc) is 2.05. The fraction of sp³-hybridized carbons (Fsp3) is 0.286. The number of thiocarbonyl (C=S) groups is 1. The first-order chi connectivity index (χ1) is 5.65. The molecule has 0 aromatic carbocycles. The summed E-state index contributed by atoms with van der Waals surface area (Å²) >= 11 is 6.32. The lowest BCUT2D eigenvalue weighted by Gasteiger charge is -2.02. The third kappa shape index (κ3) is 1.92. The maximum absolute atomic E-state index is 5.38. The van der Waals surface area contributed by atoms with Gasteiger partial charge in [0.15, 0.2) is 5.82 Å². The van der Waals surface area contributed by atoms with Gasteiger partial charge in [-0.15, -0.1) is 11.8 Å². The largest absolute Gasteiger partial charge is 0.387 e. The van der Waals surface area contributed by atoms with Gasteiger partial charge in [0.2, 0.25) is 0 Å².